The average molecular weight is 231 g/mol. The van der Waals surface area contributed by atoms with Gasteiger partial charge < -0.3 is 24.2 Å². The molecule has 6 heteroatoms. The molecule has 1 heterocycles. The minimum Gasteiger partial charge on any atom is -0.494 e. The highest BCUT2D eigenvalue weighted by Gasteiger charge is 2.21. The van der Waals surface area contributed by atoms with Crippen LogP contribution < -0.4 is 0 Å². The van der Waals surface area contributed by atoms with Crippen molar-refractivity contribution in [2.24, 2.45) is 0 Å². The van der Waals surface area contributed by atoms with Gasteiger partial charge in [-0.3, -0.25) is 4.79 Å². The molecule has 0 aromatic carbocycles. The highest BCUT2D eigenvalue weighted by molar-refractivity contribution is 5.91. The van der Waals surface area contributed by atoms with E-state index in [4.69, 9.17) is 14.2 Å². The van der Waals surface area contributed by atoms with E-state index in [-0.39, 0.29) is 24.8 Å². The van der Waals surface area contributed by atoms with Gasteiger partial charge in [-0.2, -0.15) is 0 Å². The van der Waals surface area contributed by atoms with E-state index in [1.165, 1.54) is 18.3 Å². The number of nitrogens with zero attached hydrogens (tertiary/aromatic N) is 1. The van der Waals surface area contributed by atoms with Crippen LogP contribution in [0, 0.1) is 0 Å². The fourth-order valence-electron chi connectivity index (χ4n) is 1.31. The number of aliphatic hydroxyl groups is 1. The zero-order valence-electron chi connectivity index (χ0n) is 9.51. The molecule has 0 saturated carbocycles. The molecule has 1 N–H and O–H groups in total. The Balaban J connectivity index is 2.43. The summed E-state index contributed by atoms with van der Waals surface area (Å²) >= 11 is 0. The highest BCUT2D eigenvalue weighted by atomic mass is 16.6. The van der Waals surface area contributed by atoms with Gasteiger partial charge in [-0.25, -0.2) is 0 Å². The molecular weight excluding hydrogens is 214 g/mol. The summed E-state index contributed by atoms with van der Waals surface area (Å²) < 4.78 is 14.9. The first-order chi connectivity index (χ1) is 7.65. The summed E-state index contributed by atoms with van der Waals surface area (Å²) in [5, 5.41) is 9.46. The number of likely N-dealkylation sites (N-methyl/N-ethyl adjacent to an activating group) is 1. The number of carbonyl (C=O) groups is 1. The third-order valence-corrected chi connectivity index (χ3v) is 2.05. The fraction of sp³-hybridized carbons (Fsp3) is 0.700. The lowest BCUT2D eigenvalue weighted by atomic mass is 10.3. The van der Waals surface area contributed by atoms with E-state index in [0.29, 0.717) is 13.2 Å². The Morgan fingerprint density at radius 1 is 1.69 bits per heavy atom. The van der Waals surface area contributed by atoms with E-state index < -0.39 is 6.10 Å². The molecular formula is C10H17NO5. The van der Waals surface area contributed by atoms with Gasteiger partial charge in [0.2, 0.25) is 5.76 Å². The first-order valence-corrected chi connectivity index (χ1v) is 5.02. The average Bonchev–Trinajstić information content (AvgIpc) is 2.29. The lowest BCUT2D eigenvalue weighted by molar-refractivity contribution is -0.132. The van der Waals surface area contributed by atoms with Crippen molar-refractivity contribution in [1.82, 2.24) is 4.90 Å². The van der Waals surface area contributed by atoms with Crippen LogP contribution in [-0.2, 0) is 19.0 Å². The van der Waals surface area contributed by atoms with E-state index in [1.807, 2.05) is 0 Å². The van der Waals surface area contributed by atoms with Crippen LogP contribution in [0.3, 0.4) is 0 Å². The third kappa shape index (κ3) is 3.71. The number of hydrogen-bond donors (Lipinski definition) is 1. The van der Waals surface area contributed by atoms with E-state index in [2.05, 4.69) is 0 Å². The van der Waals surface area contributed by atoms with Crippen LogP contribution in [0.2, 0.25) is 0 Å². The Labute approximate surface area is 94.4 Å². The minimum atomic E-state index is -0.705. The second kappa shape index (κ2) is 6.34. The van der Waals surface area contributed by atoms with Gasteiger partial charge in [0.1, 0.15) is 19.5 Å². The van der Waals surface area contributed by atoms with Gasteiger partial charge in [-0.1, -0.05) is 0 Å². The molecule has 16 heavy (non-hydrogen) atoms. The molecule has 0 fully saturated rings. The van der Waals surface area contributed by atoms with Gasteiger partial charge in [0.25, 0.3) is 5.91 Å². The van der Waals surface area contributed by atoms with Crippen molar-refractivity contribution in [3.63, 3.8) is 0 Å². The minimum absolute atomic E-state index is 0.165. The van der Waals surface area contributed by atoms with Crippen LogP contribution >= 0.6 is 0 Å². The lowest BCUT2D eigenvalue weighted by Gasteiger charge is -2.23. The maximum Gasteiger partial charge on any atom is 0.292 e. The quantitative estimate of drug-likeness (QED) is 0.680. The molecule has 0 radical (unpaired) electrons. The monoisotopic (exact) mass is 231 g/mol. The molecule has 6 nitrogen and oxygen atoms in total. The highest BCUT2D eigenvalue weighted by Crippen LogP contribution is 2.07. The van der Waals surface area contributed by atoms with Crippen LogP contribution in [0.25, 0.3) is 0 Å². The Hall–Kier alpha value is -1.27. The summed E-state index contributed by atoms with van der Waals surface area (Å²) in [5.74, 6) is -0.145. The zero-order valence-corrected chi connectivity index (χ0v) is 9.51. The molecule has 0 saturated heterocycles. The van der Waals surface area contributed by atoms with Crippen LogP contribution in [-0.4, -0.2) is 62.5 Å². The summed E-state index contributed by atoms with van der Waals surface area (Å²) in [7, 11) is 3.08. The summed E-state index contributed by atoms with van der Waals surface area (Å²) in [4.78, 5) is 13.1. The first-order valence-electron chi connectivity index (χ1n) is 5.02. The van der Waals surface area contributed by atoms with Crippen LogP contribution in [0.5, 0.6) is 0 Å². The number of amides is 1. The maximum atomic E-state index is 11.7. The van der Waals surface area contributed by atoms with Gasteiger partial charge in [-0.15, -0.1) is 0 Å². The maximum absolute atomic E-state index is 11.7. The Kier molecular flexibility index (Phi) is 5.07. The topological polar surface area (TPSA) is 68.2 Å². The summed E-state index contributed by atoms with van der Waals surface area (Å²) in [6.07, 6.45) is 0.592. The first kappa shape index (κ1) is 12.8. The molecule has 0 aromatic rings. The number of methoxy groups -OCH3 is 1. The molecule has 92 valence electrons. The van der Waals surface area contributed by atoms with E-state index in [1.54, 1.807) is 7.05 Å². The third-order valence-electron chi connectivity index (χ3n) is 2.05. The van der Waals surface area contributed by atoms with E-state index >= 15 is 0 Å². The van der Waals surface area contributed by atoms with E-state index in [0.717, 1.165) is 0 Å². The van der Waals surface area contributed by atoms with Crippen molar-refractivity contribution in [3.8, 4) is 0 Å². The lowest BCUT2D eigenvalue weighted by Crippen LogP contribution is -2.38. The Morgan fingerprint density at radius 3 is 3.00 bits per heavy atom. The number of ether oxygens (including phenoxy) is 3. The van der Waals surface area contributed by atoms with Gasteiger partial charge >= 0.3 is 0 Å². The van der Waals surface area contributed by atoms with Crippen molar-refractivity contribution in [3.05, 3.63) is 12.0 Å². The fourth-order valence-corrected chi connectivity index (χ4v) is 1.31. The second-order valence-electron chi connectivity index (χ2n) is 3.50. The molecule has 0 spiro atoms. The molecule has 0 aromatic heterocycles. The van der Waals surface area contributed by atoms with Crippen LogP contribution in [0.15, 0.2) is 12.0 Å². The van der Waals surface area contributed by atoms with E-state index in [9.17, 15) is 9.90 Å². The molecule has 1 rings (SSSR count). The van der Waals surface area contributed by atoms with Crippen molar-refractivity contribution < 1.29 is 24.1 Å². The van der Waals surface area contributed by atoms with Crippen molar-refractivity contribution in [1.29, 1.82) is 0 Å². The number of hydrogen-bond acceptors (Lipinski definition) is 5. The van der Waals surface area contributed by atoms with Crippen LogP contribution in [0.4, 0.5) is 0 Å². The Morgan fingerprint density at radius 2 is 2.44 bits per heavy atom. The normalized spacial score (nSPS) is 16.8. The summed E-state index contributed by atoms with van der Waals surface area (Å²) in [5.41, 5.74) is 0. The number of aliphatic hydroxyl groups excluding tert-OH is 1. The van der Waals surface area contributed by atoms with Crippen molar-refractivity contribution in [2.45, 2.75) is 6.10 Å². The molecule has 1 aliphatic rings. The van der Waals surface area contributed by atoms with Gasteiger partial charge in [-0.05, 0) is 0 Å². The predicted molar refractivity (Wildman–Crippen MR) is 55.5 cm³/mol. The van der Waals surface area contributed by atoms with Gasteiger partial charge in [0.15, 0.2) is 0 Å². The van der Waals surface area contributed by atoms with Gasteiger partial charge in [0.05, 0.1) is 12.7 Å². The largest absolute Gasteiger partial charge is 0.494 e. The van der Waals surface area contributed by atoms with Crippen LogP contribution in [0.1, 0.15) is 0 Å². The number of rotatable bonds is 5. The molecule has 1 aliphatic heterocycles. The SMILES string of the molecule is COCC(O)CN(C)C(=O)C1=COCCO1. The molecule has 0 bridgehead atoms. The van der Waals surface area contributed by atoms with Crippen molar-refractivity contribution in [2.75, 3.05) is 40.5 Å². The standard InChI is InChI=1S/C10H17NO5/c1-11(5-8(12)6-14-2)10(13)9-7-15-3-4-16-9/h7-8,12H,3-6H2,1-2H3. The molecule has 0 aliphatic carbocycles. The molecule has 1 atom stereocenters. The zero-order chi connectivity index (χ0) is 12.0. The molecule has 1 unspecified atom stereocenters. The Bertz CT molecular complexity index is 266. The smallest absolute Gasteiger partial charge is 0.292 e. The second-order valence-corrected chi connectivity index (χ2v) is 3.50. The summed E-state index contributed by atoms with van der Waals surface area (Å²) in [6, 6.07) is 0. The predicted octanol–water partition coefficient (Wildman–Crippen LogP) is -0.660. The van der Waals surface area contributed by atoms with Crippen molar-refractivity contribution >= 4 is 5.91 Å². The van der Waals surface area contributed by atoms with Gasteiger partial charge in [0, 0.05) is 20.7 Å². The molecule has 1 amide bonds. The number of carbonyl (C=O) groups excluding carboxylic acids is 1. The summed E-state index contributed by atoms with van der Waals surface area (Å²) in [6.45, 7) is 1.19.